The van der Waals surface area contributed by atoms with Crippen molar-refractivity contribution in [2.45, 2.75) is 6.92 Å². The Labute approximate surface area is 137 Å². The van der Waals surface area contributed by atoms with Crippen molar-refractivity contribution in [2.75, 3.05) is 0 Å². The second-order valence-corrected chi connectivity index (χ2v) is 6.56. The zero-order valence-electron chi connectivity index (χ0n) is 10.8. The monoisotopic (exact) mass is 296 g/mol. The van der Waals surface area contributed by atoms with E-state index in [0.717, 1.165) is 10.4 Å². The van der Waals surface area contributed by atoms with E-state index in [0.29, 0.717) is 0 Å². The van der Waals surface area contributed by atoms with E-state index in [9.17, 15) is 4.80 Å². The first kappa shape index (κ1) is 18.2. The van der Waals surface area contributed by atoms with Crippen LogP contribution in [0, 0.1) is 11.5 Å². The van der Waals surface area contributed by atoms with E-state index < -0.39 is 8.32 Å². The van der Waals surface area contributed by atoms with Crippen LogP contribution in [0.1, 0.15) is 6.92 Å². The van der Waals surface area contributed by atoms with Crippen molar-refractivity contribution in [2.24, 2.45) is 0 Å². The Hall–Kier alpha value is -0.767. The standard InChI is InChI=1S/C15H13OSi.ClH.Mg/c1-2-13-17(16,14-9-5-3-6-10-14)15-11-7-4-8-12-15;;/h3-12H,1H3;1H;/q-1;;+2/p-1. The molecular weight excluding hydrogens is 284 g/mol. The van der Waals surface area contributed by atoms with E-state index >= 15 is 0 Å². The molecule has 92 valence electrons. The summed E-state index contributed by atoms with van der Waals surface area (Å²) >= 11 is 0. The molecule has 1 nitrogen and oxygen atoms in total. The minimum Gasteiger partial charge on any atom is -1.00 e. The molecule has 4 heteroatoms. The van der Waals surface area contributed by atoms with Crippen molar-refractivity contribution in [3.05, 3.63) is 60.7 Å². The van der Waals surface area contributed by atoms with E-state index in [1.165, 1.54) is 0 Å². The average Bonchev–Trinajstić information content (AvgIpc) is 2.41. The molecule has 2 rings (SSSR count). The smallest absolute Gasteiger partial charge is 1.00 e. The second-order valence-electron chi connectivity index (χ2n) is 3.79. The molecule has 0 aliphatic heterocycles. The van der Waals surface area contributed by atoms with Crippen LogP contribution in [0.5, 0.6) is 0 Å². The van der Waals surface area contributed by atoms with Gasteiger partial charge < -0.3 is 17.2 Å². The summed E-state index contributed by atoms with van der Waals surface area (Å²) in [6.45, 7) is 1.73. The maximum atomic E-state index is 13.1. The molecule has 2 aromatic rings. The maximum absolute atomic E-state index is 13.1. The fourth-order valence-corrected chi connectivity index (χ4v) is 4.13. The molecule has 0 spiro atoms. The SMILES string of the molecule is CC#C[Si]([O-])(c1ccccc1)c1ccccc1.[Cl-].[Mg+2]. The van der Waals surface area contributed by atoms with E-state index in [-0.39, 0.29) is 35.5 Å². The Morgan fingerprint density at radius 2 is 1.21 bits per heavy atom. The zero-order chi connectivity index (χ0) is 12.1. The van der Waals surface area contributed by atoms with Gasteiger partial charge in [-0.05, 0) is 6.92 Å². The van der Waals surface area contributed by atoms with Crippen LogP contribution in [0.2, 0.25) is 0 Å². The third-order valence-corrected chi connectivity index (χ3v) is 5.56. The number of hydrogen-bond acceptors (Lipinski definition) is 1. The predicted octanol–water partition coefficient (Wildman–Crippen LogP) is -2.71. The number of hydrogen-bond donors (Lipinski definition) is 0. The van der Waals surface area contributed by atoms with E-state index in [2.05, 4.69) is 11.5 Å². The molecule has 0 aromatic heterocycles. The Morgan fingerprint density at radius 3 is 1.53 bits per heavy atom. The molecule has 0 radical (unpaired) electrons. The molecule has 0 fully saturated rings. The van der Waals surface area contributed by atoms with Crippen LogP contribution in [-0.2, 0) is 0 Å². The van der Waals surface area contributed by atoms with Crippen LogP contribution in [0.25, 0.3) is 0 Å². The number of benzene rings is 2. The molecule has 0 bridgehead atoms. The van der Waals surface area contributed by atoms with Gasteiger partial charge in [-0.15, -0.1) is 11.5 Å². The molecule has 19 heavy (non-hydrogen) atoms. The third-order valence-electron chi connectivity index (χ3n) is 2.66. The van der Waals surface area contributed by atoms with Gasteiger partial charge in [0.2, 0.25) is 0 Å². The molecule has 0 aliphatic carbocycles. The summed E-state index contributed by atoms with van der Waals surface area (Å²) in [4.78, 5) is 13.1. The first-order chi connectivity index (χ1) is 8.27. The first-order valence-electron chi connectivity index (χ1n) is 5.53. The summed E-state index contributed by atoms with van der Waals surface area (Å²) in [5, 5.41) is 1.64. The second kappa shape index (κ2) is 8.41. The van der Waals surface area contributed by atoms with Gasteiger partial charge in [0, 0.05) is 0 Å². The zero-order valence-corrected chi connectivity index (χ0v) is 13.9. The van der Waals surface area contributed by atoms with Gasteiger partial charge in [0.15, 0.2) is 0 Å². The summed E-state index contributed by atoms with van der Waals surface area (Å²) < 4.78 is 0. The molecule has 0 atom stereocenters. The van der Waals surface area contributed by atoms with Crippen LogP contribution in [0.4, 0.5) is 0 Å². The van der Waals surface area contributed by atoms with Crippen molar-refractivity contribution in [1.29, 1.82) is 0 Å². The fraction of sp³-hybridized carbons (Fsp3) is 0.0667. The van der Waals surface area contributed by atoms with Crippen molar-refractivity contribution < 1.29 is 17.2 Å². The quantitative estimate of drug-likeness (QED) is 0.437. The van der Waals surface area contributed by atoms with Gasteiger partial charge in [0.25, 0.3) is 0 Å². The predicted molar refractivity (Wildman–Crippen MR) is 77.1 cm³/mol. The van der Waals surface area contributed by atoms with Crippen molar-refractivity contribution in [1.82, 2.24) is 0 Å². The minimum absolute atomic E-state index is 0. The minimum atomic E-state index is -3.11. The molecule has 0 heterocycles. The van der Waals surface area contributed by atoms with Gasteiger partial charge in [-0.3, -0.25) is 0 Å². The summed E-state index contributed by atoms with van der Waals surface area (Å²) in [5.41, 5.74) is 2.92. The van der Waals surface area contributed by atoms with Crippen LogP contribution >= 0.6 is 0 Å². The van der Waals surface area contributed by atoms with Crippen LogP contribution in [-0.4, -0.2) is 31.4 Å². The van der Waals surface area contributed by atoms with E-state index in [1.807, 2.05) is 60.7 Å². The molecule has 0 aliphatic rings. The topological polar surface area (TPSA) is 23.1 Å². The average molecular weight is 297 g/mol. The number of rotatable bonds is 2. The Morgan fingerprint density at radius 1 is 0.842 bits per heavy atom. The molecule has 0 saturated heterocycles. The third kappa shape index (κ3) is 4.10. The molecule has 0 saturated carbocycles. The Kier molecular flexibility index (Phi) is 8.07. The molecule has 0 amide bonds. The Bertz CT molecular complexity index is 509. The Balaban J connectivity index is 0.00000162. The van der Waals surface area contributed by atoms with Gasteiger partial charge in [-0.2, -0.15) is 0 Å². The van der Waals surface area contributed by atoms with Crippen LogP contribution < -0.4 is 27.6 Å². The summed E-state index contributed by atoms with van der Waals surface area (Å²) in [6.07, 6.45) is 0. The van der Waals surface area contributed by atoms with Crippen molar-refractivity contribution >= 4 is 41.7 Å². The van der Waals surface area contributed by atoms with Gasteiger partial charge >= 0.3 is 23.1 Å². The summed E-state index contributed by atoms with van der Waals surface area (Å²) in [6, 6.07) is 19.0. The van der Waals surface area contributed by atoms with Gasteiger partial charge in [0.1, 0.15) is 8.32 Å². The van der Waals surface area contributed by atoms with E-state index in [1.54, 1.807) is 6.92 Å². The first-order valence-corrected chi connectivity index (χ1v) is 7.43. The van der Waals surface area contributed by atoms with E-state index in [4.69, 9.17) is 0 Å². The van der Waals surface area contributed by atoms with Gasteiger partial charge in [-0.25, -0.2) is 0 Å². The summed E-state index contributed by atoms with van der Waals surface area (Å²) in [7, 11) is -3.11. The molecular formula is C15H13ClMgOSi. The normalized spacial score (nSPS) is 9.37. The van der Waals surface area contributed by atoms with Gasteiger partial charge in [-0.1, -0.05) is 71.0 Å². The number of halogens is 1. The van der Waals surface area contributed by atoms with Crippen molar-refractivity contribution in [3.8, 4) is 11.5 Å². The molecule has 2 aromatic carbocycles. The van der Waals surface area contributed by atoms with Crippen LogP contribution in [0.15, 0.2) is 60.7 Å². The van der Waals surface area contributed by atoms with Crippen molar-refractivity contribution in [3.63, 3.8) is 0 Å². The fourth-order valence-electron chi connectivity index (χ4n) is 1.83. The summed E-state index contributed by atoms with van der Waals surface area (Å²) in [5.74, 6) is 2.80. The molecule has 0 unspecified atom stereocenters. The van der Waals surface area contributed by atoms with Gasteiger partial charge in [0.05, 0.1) is 0 Å². The maximum Gasteiger partial charge on any atom is 2.00 e. The molecule has 0 N–H and O–H groups in total. The van der Waals surface area contributed by atoms with Crippen LogP contribution in [0.3, 0.4) is 0 Å². The largest absolute Gasteiger partial charge is 2.00 e.